The smallest absolute Gasteiger partial charge is 0.278 e. The zero-order valence-electron chi connectivity index (χ0n) is 14.5. The van der Waals surface area contributed by atoms with Gasteiger partial charge in [-0.2, -0.15) is 0 Å². The monoisotopic (exact) mass is 343 g/mol. The Morgan fingerprint density at radius 3 is 2.65 bits per heavy atom. The molecule has 0 spiro atoms. The number of carbonyl (C=O) groups excluding carboxylic acids is 1. The summed E-state index contributed by atoms with van der Waals surface area (Å²) >= 11 is 0. The van der Waals surface area contributed by atoms with Crippen LogP contribution in [0.1, 0.15) is 21.7 Å². The molecule has 0 saturated heterocycles. The molecule has 6 nitrogen and oxygen atoms in total. The maximum atomic E-state index is 12.8. The van der Waals surface area contributed by atoms with Gasteiger partial charge >= 0.3 is 0 Å². The summed E-state index contributed by atoms with van der Waals surface area (Å²) in [4.78, 5) is 17.1. The molecule has 1 amide bonds. The maximum absolute atomic E-state index is 12.8. The minimum atomic E-state index is -0.305. The van der Waals surface area contributed by atoms with Crippen molar-refractivity contribution >= 4 is 22.5 Å². The van der Waals surface area contributed by atoms with E-state index in [2.05, 4.69) is 20.6 Å². The molecule has 0 aliphatic carbocycles. The molecule has 2 aromatic carbocycles. The summed E-state index contributed by atoms with van der Waals surface area (Å²) in [5.74, 6) is -0.305. The van der Waals surface area contributed by atoms with Crippen LogP contribution in [0.5, 0.6) is 0 Å². The minimum absolute atomic E-state index is 0.293. The van der Waals surface area contributed by atoms with E-state index in [9.17, 15) is 4.79 Å². The number of nitrogens with zero attached hydrogens (tertiary/aromatic N) is 4. The molecule has 0 unspecified atom stereocenters. The van der Waals surface area contributed by atoms with Gasteiger partial charge in [0.15, 0.2) is 5.69 Å². The van der Waals surface area contributed by atoms with E-state index < -0.39 is 0 Å². The fraction of sp³-hybridized carbons (Fsp3) is 0.100. The summed E-state index contributed by atoms with van der Waals surface area (Å²) in [6.07, 6.45) is 1.71. The van der Waals surface area contributed by atoms with Crippen molar-refractivity contribution in [2.45, 2.75) is 13.8 Å². The van der Waals surface area contributed by atoms with Gasteiger partial charge < -0.3 is 5.32 Å². The van der Waals surface area contributed by atoms with Crippen molar-refractivity contribution in [2.75, 3.05) is 5.32 Å². The van der Waals surface area contributed by atoms with E-state index in [-0.39, 0.29) is 5.91 Å². The molecule has 0 atom stereocenters. The average Bonchev–Trinajstić information content (AvgIpc) is 3.04. The van der Waals surface area contributed by atoms with Gasteiger partial charge in [-0.3, -0.25) is 9.78 Å². The molecule has 26 heavy (non-hydrogen) atoms. The number of anilines is 1. The van der Waals surface area contributed by atoms with E-state index in [1.807, 2.05) is 68.4 Å². The lowest BCUT2D eigenvalue weighted by atomic mass is 10.2. The Hall–Kier alpha value is -3.54. The molecule has 0 fully saturated rings. The van der Waals surface area contributed by atoms with Crippen molar-refractivity contribution in [3.63, 3.8) is 0 Å². The quantitative estimate of drug-likeness (QED) is 0.616. The number of amides is 1. The van der Waals surface area contributed by atoms with Crippen LogP contribution in [-0.4, -0.2) is 25.9 Å². The van der Waals surface area contributed by atoms with E-state index >= 15 is 0 Å². The highest BCUT2D eigenvalue weighted by Gasteiger charge is 2.19. The Morgan fingerprint density at radius 1 is 1.00 bits per heavy atom. The van der Waals surface area contributed by atoms with Crippen molar-refractivity contribution in [1.82, 2.24) is 20.0 Å². The number of hydrogen-bond acceptors (Lipinski definition) is 4. The van der Waals surface area contributed by atoms with Gasteiger partial charge in [0, 0.05) is 11.6 Å². The summed E-state index contributed by atoms with van der Waals surface area (Å²) in [7, 11) is 0. The summed E-state index contributed by atoms with van der Waals surface area (Å²) in [6, 6.07) is 17.3. The van der Waals surface area contributed by atoms with Gasteiger partial charge in [-0.15, -0.1) is 5.10 Å². The molecule has 2 aromatic heterocycles. The van der Waals surface area contributed by atoms with Crippen LogP contribution >= 0.6 is 0 Å². The molecule has 4 aromatic rings. The van der Waals surface area contributed by atoms with Gasteiger partial charge in [-0.05, 0) is 37.6 Å². The lowest BCUT2D eigenvalue weighted by Gasteiger charge is -2.08. The molecule has 0 radical (unpaired) electrons. The molecule has 4 rings (SSSR count). The van der Waals surface area contributed by atoms with Gasteiger partial charge in [-0.1, -0.05) is 41.6 Å². The van der Waals surface area contributed by atoms with Crippen LogP contribution < -0.4 is 5.32 Å². The summed E-state index contributed by atoms with van der Waals surface area (Å²) in [6.45, 7) is 3.83. The number of rotatable bonds is 3. The first-order valence-electron chi connectivity index (χ1n) is 8.28. The van der Waals surface area contributed by atoms with E-state index in [4.69, 9.17) is 0 Å². The number of carbonyl (C=O) groups is 1. The fourth-order valence-electron chi connectivity index (χ4n) is 2.96. The molecular weight excluding hydrogens is 326 g/mol. The second-order valence-electron chi connectivity index (χ2n) is 6.06. The third-order valence-corrected chi connectivity index (χ3v) is 4.33. The topological polar surface area (TPSA) is 72.7 Å². The van der Waals surface area contributed by atoms with Gasteiger partial charge in [0.05, 0.1) is 22.6 Å². The largest absolute Gasteiger partial charge is 0.319 e. The molecule has 0 saturated carbocycles. The zero-order chi connectivity index (χ0) is 18.1. The van der Waals surface area contributed by atoms with Crippen LogP contribution in [-0.2, 0) is 0 Å². The number of para-hydroxylation sites is 2. The highest BCUT2D eigenvalue weighted by Crippen LogP contribution is 2.22. The standard InChI is InChI=1S/C20H17N5O/c1-13-7-3-4-11-17(13)25-14(2)18(23-24-25)20(26)22-16-10-5-8-15-9-6-12-21-19(15)16/h3-12H,1-2H3,(H,22,26). The summed E-state index contributed by atoms with van der Waals surface area (Å²) < 4.78 is 1.69. The lowest BCUT2D eigenvalue weighted by molar-refractivity contribution is 0.102. The number of aromatic nitrogens is 4. The van der Waals surface area contributed by atoms with Crippen molar-refractivity contribution in [3.8, 4) is 5.69 Å². The first-order chi connectivity index (χ1) is 12.6. The van der Waals surface area contributed by atoms with Gasteiger partial charge in [0.1, 0.15) is 0 Å². The van der Waals surface area contributed by atoms with Crippen LogP contribution in [0.15, 0.2) is 60.8 Å². The highest BCUT2D eigenvalue weighted by atomic mass is 16.2. The number of aryl methyl sites for hydroxylation is 1. The fourth-order valence-corrected chi connectivity index (χ4v) is 2.96. The highest BCUT2D eigenvalue weighted by molar-refractivity contribution is 6.07. The van der Waals surface area contributed by atoms with Crippen molar-refractivity contribution < 1.29 is 4.79 Å². The van der Waals surface area contributed by atoms with E-state index in [0.29, 0.717) is 17.1 Å². The molecule has 128 valence electrons. The number of pyridine rings is 1. The zero-order valence-corrected chi connectivity index (χ0v) is 14.5. The molecule has 0 bridgehead atoms. The minimum Gasteiger partial charge on any atom is -0.319 e. The van der Waals surface area contributed by atoms with Crippen molar-refractivity contribution in [2.24, 2.45) is 0 Å². The lowest BCUT2D eigenvalue weighted by Crippen LogP contribution is -2.14. The van der Waals surface area contributed by atoms with Crippen molar-refractivity contribution in [1.29, 1.82) is 0 Å². The van der Waals surface area contributed by atoms with Crippen LogP contribution in [0.3, 0.4) is 0 Å². The second-order valence-corrected chi connectivity index (χ2v) is 6.06. The Labute approximate surface area is 150 Å². The SMILES string of the molecule is Cc1ccccc1-n1nnc(C(=O)Nc2cccc3cccnc23)c1C. The first kappa shape index (κ1) is 16.0. The maximum Gasteiger partial charge on any atom is 0.278 e. The molecule has 0 aliphatic rings. The summed E-state index contributed by atoms with van der Waals surface area (Å²) in [5, 5.41) is 12.1. The van der Waals surface area contributed by atoms with Gasteiger partial charge in [-0.25, -0.2) is 4.68 Å². The van der Waals surface area contributed by atoms with Crippen LogP contribution in [0.4, 0.5) is 5.69 Å². The Balaban J connectivity index is 1.68. The molecule has 0 aliphatic heterocycles. The number of benzene rings is 2. The Kier molecular flexibility index (Phi) is 3.93. The summed E-state index contributed by atoms with van der Waals surface area (Å²) in [5.41, 5.74) is 4.34. The second kappa shape index (κ2) is 6.40. The normalized spacial score (nSPS) is 10.8. The first-order valence-corrected chi connectivity index (χ1v) is 8.28. The van der Waals surface area contributed by atoms with Crippen LogP contribution in [0.25, 0.3) is 16.6 Å². The van der Waals surface area contributed by atoms with Crippen molar-refractivity contribution in [3.05, 3.63) is 77.7 Å². The third-order valence-electron chi connectivity index (χ3n) is 4.33. The Bertz CT molecular complexity index is 1110. The molecule has 2 heterocycles. The van der Waals surface area contributed by atoms with Crippen LogP contribution in [0, 0.1) is 13.8 Å². The van der Waals surface area contributed by atoms with Gasteiger partial charge in [0.2, 0.25) is 0 Å². The van der Waals surface area contributed by atoms with Crippen LogP contribution in [0.2, 0.25) is 0 Å². The van der Waals surface area contributed by atoms with E-state index in [0.717, 1.165) is 22.2 Å². The predicted octanol–water partition coefficient (Wildman–Crippen LogP) is 3.68. The number of fused-ring (bicyclic) bond motifs is 1. The Morgan fingerprint density at radius 2 is 1.81 bits per heavy atom. The van der Waals surface area contributed by atoms with E-state index in [1.165, 1.54) is 0 Å². The molecule has 1 N–H and O–H groups in total. The molecular formula is C20H17N5O. The average molecular weight is 343 g/mol. The number of hydrogen-bond donors (Lipinski definition) is 1. The van der Waals surface area contributed by atoms with E-state index in [1.54, 1.807) is 10.9 Å². The van der Waals surface area contributed by atoms with Gasteiger partial charge in [0.25, 0.3) is 5.91 Å². The molecule has 6 heteroatoms. The number of nitrogens with one attached hydrogen (secondary N) is 1. The predicted molar refractivity (Wildman–Crippen MR) is 101 cm³/mol. The third kappa shape index (κ3) is 2.71.